The molecule has 3 nitrogen and oxygen atoms in total. The van der Waals surface area contributed by atoms with Crippen LogP contribution in [0.25, 0.3) is 0 Å². The molecule has 3 N–H and O–H groups in total. The minimum atomic E-state index is -0.0803. The van der Waals surface area contributed by atoms with Crippen molar-refractivity contribution in [1.29, 1.82) is 0 Å². The van der Waals surface area contributed by atoms with Crippen molar-refractivity contribution in [3.8, 4) is 0 Å². The van der Waals surface area contributed by atoms with Gasteiger partial charge in [-0.25, -0.2) is 0 Å². The molecule has 1 aromatic carbocycles. The van der Waals surface area contributed by atoms with Crippen LogP contribution in [-0.2, 0) is 16.8 Å². The molecule has 16 heavy (non-hydrogen) atoms. The third-order valence-corrected chi connectivity index (χ3v) is 3.21. The topological polar surface area (TPSA) is 55.1 Å². The van der Waals surface area contributed by atoms with E-state index in [2.05, 4.69) is 23.5 Å². The highest BCUT2D eigenvalue weighted by atomic mass is 16.1. The van der Waals surface area contributed by atoms with Crippen LogP contribution < -0.4 is 11.1 Å². The van der Waals surface area contributed by atoms with Crippen molar-refractivity contribution in [3.05, 3.63) is 35.4 Å². The first-order chi connectivity index (χ1) is 7.64. The van der Waals surface area contributed by atoms with Gasteiger partial charge in [0.25, 0.3) is 0 Å². The molecule has 0 spiro atoms. The largest absolute Gasteiger partial charge is 0.359 e. The zero-order chi connectivity index (χ0) is 11.6. The maximum absolute atomic E-state index is 11.1. The molecule has 0 heterocycles. The normalized spacial score (nSPS) is 16.9. The summed E-state index contributed by atoms with van der Waals surface area (Å²) >= 11 is 0. The van der Waals surface area contributed by atoms with E-state index in [9.17, 15) is 4.79 Å². The summed E-state index contributed by atoms with van der Waals surface area (Å²) in [5, 5.41) is 2.63. The van der Waals surface area contributed by atoms with Crippen LogP contribution in [0.2, 0.25) is 0 Å². The van der Waals surface area contributed by atoms with Gasteiger partial charge in [-0.1, -0.05) is 24.3 Å². The van der Waals surface area contributed by atoms with Gasteiger partial charge in [0.15, 0.2) is 0 Å². The number of aryl methyl sites for hydroxylation is 1. The third-order valence-electron chi connectivity index (χ3n) is 3.21. The van der Waals surface area contributed by atoms with Crippen molar-refractivity contribution < 1.29 is 4.79 Å². The average Bonchev–Trinajstić information content (AvgIpc) is 3.06. The summed E-state index contributed by atoms with van der Waals surface area (Å²) in [6, 6.07) is 8.30. The number of rotatable bonds is 4. The van der Waals surface area contributed by atoms with Crippen molar-refractivity contribution in [2.45, 2.75) is 31.2 Å². The molecular weight excluding hydrogens is 200 g/mol. The molecule has 1 aliphatic rings. The van der Waals surface area contributed by atoms with Gasteiger partial charge in [0.1, 0.15) is 0 Å². The van der Waals surface area contributed by atoms with Crippen molar-refractivity contribution >= 4 is 5.91 Å². The molecule has 0 aliphatic heterocycles. The minimum absolute atomic E-state index is 0.0803. The van der Waals surface area contributed by atoms with Crippen LogP contribution in [0.5, 0.6) is 0 Å². The highest BCUT2D eigenvalue weighted by Crippen LogP contribution is 2.42. The smallest absolute Gasteiger partial charge is 0.220 e. The summed E-state index contributed by atoms with van der Waals surface area (Å²) in [4.78, 5) is 11.1. The quantitative estimate of drug-likeness (QED) is 0.800. The van der Waals surface area contributed by atoms with Crippen LogP contribution in [-0.4, -0.2) is 13.0 Å². The predicted molar refractivity (Wildman–Crippen MR) is 63.9 cm³/mol. The van der Waals surface area contributed by atoms with Crippen molar-refractivity contribution in [3.63, 3.8) is 0 Å². The van der Waals surface area contributed by atoms with Gasteiger partial charge in [-0.3, -0.25) is 4.79 Å². The lowest BCUT2D eigenvalue weighted by molar-refractivity contribution is -0.120. The summed E-state index contributed by atoms with van der Waals surface area (Å²) in [6.07, 6.45) is 3.47. The molecular formula is C13H18N2O. The van der Waals surface area contributed by atoms with E-state index in [0.717, 1.165) is 19.3 Å². The molecule has 0 saturated heterocycles. The second kappa shape index (κ2) is 4.26. The number of carbonyl (C=O) groups is 1. The molecule has 2 rings (SSSR count). The van der Waals surface area contributed by atoms with E-state index in [-0.39, 0.29) is 11.4 Å². The Morgan fingerprint density at radius 1 is 1.50 bits per heavy atom. The van der Waals surface area contributed by atoms with E-state index in [1.165, 1.54) is 11.1 Å². The maximum atomic E-state index is 11.1. The summed E-state index contributed by atoms with van der Waals surface area (Å²) in [6.45, 7) is 0. The van der Waals surface area contributed by atoms with Crippen LogP contribution >= 0.6 is 0 Å². The monoisotopic (exact) mass is 218 g/mol. The Morgan fingerprint density at radius 2 is 2.25 bits per heavy atom. The number of carbonyl (C=O) groups excluding carboxylic acids is 1. The van der Waals surface area contributed by atoms with Crippen LogP contribution in [0.3, 0.4) is 0 Å². The van der Waals surface area contributed by atoms with E-state index >= 15 is 0 Å². The molecule has 0 bridgehead atoms. The first-order valence-electron chi connectivity index (χ1n) is 5.73. The molecule has 1 saturated carbocycles. The molecule has 3 heteroatoms. The Kier molecular flexibility index (Phi) is 2.97. The van der Waals surface area contributed by atoms with Gasteiger partial charge in [0.2, 0.25) is 5.91 Å². The highest BCUT2D eigenvalue weighted by Gasteiger charge is 2.39. The van der Waals surface area contributed by atoms with E-state index < -0.39 is 0 Å². The van der Waals surface area contributed by atoms with E-state index in [1.807, 2.05) is 6.07 Å². The van der Waals surface area contributed by atoms with Gasteiger partial charge in [-0.2, -0.15) is 0 Å². The van der Waals surface area contributed by atoms with Gasteiger partial charge in [-0.05, 0) is 30.4 Å². The maximum Gasteiger partial charge on any atom is 0.220 e. The molecule has 1 aliphatic carbocycles. The molecule has 0 unspecified atom stereocenters. The predicted octanol–water partition coefficient (Wildman–Crippen LogP) is 1.31. The van der Waals surface area contributed by atoms with Gasteiger partial charge in [-0.15, -0.1) is 0 Å². The van der Waals surface area contributed by atoms with Gasteiger partial charge >= 0.3 is 0 Å². The minimum Gasteiger partial charge on any atom is -0.359 e. The average molecular weight is 218 g/mol. The SMILES string of the molecule is CNC(=O)CCc1cccc(C2(N)CC2)c1. The summed E-state index contributed by atoms with van der Waals surface area (Å²) in [7, 11) is 1.66. The lowest BCUT2D eigenvalue weighted by atomic mass is 10.0. The molecule has 0 aromatic heterocycles. The number of amides is 1. The van der Waals surface area contributed by atoms with E-state index in [0.29, 0.717) is 6.42 Å². The molecule has 0 atom stereocenters. The summed E-state index contributed by atoms with van der Waals surface area (Å²) < 4.78 is 0. The first-order valence-corrected chi connectivity index (χ1v) is 5.73. The fraction of sp³-hybridized carbons (Fsp3) is 0.462. The number of nitrogens with one attached hydrogen (secondary N) is 1. The van der Waals surface area contributed by atoms with E-state index in [4.69, 9.17) is 5.73 Å². The second-order valence-corrected chi connectivity index (χ2v) is 4.53. The Bertz CT molecular complexity index is 397. The van der Waals surface area contributed by atoms with Crippen molar-refractivity contribution in [1.82, 2.24) is 5.32 Å². The number of hydrogen-bond acceptors (Lipinski definition) is 2. The Morgan fingerprint density at radius 3 is 2.88 bits per heavy atom. The third kappa shape index (κ3) is 2.42. The first kappa shape index (κ1) is 11.1. The number of hydrogen-bond donors (Lipinski definition) is 2. The number of nitrogens with two attached hydrogens (primary N) is 1. The van der Waals surface area contributed by atoms with Crippen LogP contribution in [0.4, 0.5) is 0 Å². The van der Waals surface area contributed by atoms with E-state index in [1.54, 1.807) is 7.05 Å². The fourth-order valence-corrected chi connectivity index (χ4v) is 1.84. The molecule has 1 amide bonds. The molecule has 1 fully saturated rings. The molecule has 0 radical (unpaired) electrons. The van der Waals surface area contributed by atoms with Gasteiger partial charge < -0.3 is 11.1 Å². The Labute approximate surface area is 96.0 Å². The zero-order valence-corrected chi connectivity index (χ0v) is 9.62. The van der Waals surface area contributed by atoms with Gasteiger partial charge in [0, 0.05) is 19.0 Å². The van der Waals surface area contributed by atoms with Crippen molar-refractivity contribution in [2.24, 2.45) is 5.73 Å². The fourth-order valence-electron chi connectivity index (χ4n) is 1.84. The summed E-state index contributed by atoms with van der Waals surface area (Å²) in [5.41, 5.74) is 8.46. The lowest BCUT2D eigenvalue weighted by Crippen LogP contribution is -2.19. The van der Waals surface area contributed by atoms with Crippen molar-refractivity contribution in [2.75, 3.05) is 7.05 Å². The Balaban J connectivity index is 2.02. The summed E-state index contributed by atoms with van der Waals surface area (Å²) in [5.74, 6) is 0.0827. The van der Waals surface area contributed by atoms with Crippen LogP contribution in [0.15, 0.2) is 24.3 Å². The zero-order valence-electron chi connectivity index (χ0n) is 9.62. The van der Waals surface area contributed by atoms with Crippen LogP contribution in [0.1, 0.15) is 30.4 Å². The molecule has 86 valence electrons. The standard InChI is InChI=1S/C13H18N2O/c1-15-12(16)6-5-10-3-2-4-11(9-10)13(14)7-8-13/h2-4,9H,5-8,14H2,1H3,(H,15,16). The number of benzene rings is 1. The lowest BCUT2D eigenvalue weighted by Gasteiger charge is -2.10. The van der Waals surface area contributed by atoms with Crippen LogP contribution in [0, 0.1) is 0 Å². The Hall–Kier alpha value is -1.35. The van der Waals surface area contributed by atoms with Gasteiger partial charge in [0.05, 0.1) is 0 Å². The highest BCUT2D eigenvalue weighted by molar-refractivity contribution is 5.75. The second-order valence-electron chi connectivity index (χ2n) is 4.53. The molecule has 1 aromatic rings.